The summed E-state index contributed by atoms with van der Waals surface area (Å²) in [6.45, 7) is 0.0145. The van der Waals surface area contributed by atoms with E-state index in [4.69, 9.17) is 5.73 Å². The molecule has 0 saturated carbocycles. The first-order valence-electron chi connectivity index (χ1n) is 3.56. The highest BCUT2D eigenvalue weighted by Crippen LogP contribution is 3.02. The summed E-state index contributed by atoms with van der Waals surface area (Å²) in [5.74, 6) is 0. The van der Waals surface area contributed by atoms with E-state index in [1.54, 1.807) is 0 Å². The van der Waals surface area contributed by atoms with Crippen LogP contribution in [-0.2, 0) is 6.54 Å². The molecule has 0 unspecified atom stereocenters. The SMILES string of the molecule is Cl.NCc1ccc(S(F)(F)(F)(F)F)cc1. The van der Waals surface area contributed by atoms with E-state index < -0.39 is 15.1 Å². The summed E-state index contributed by atoms with van der Waals surface area (Å²) in [6.07, 6.45) is 0. The molecular weight excluding hydrogens is 261 g/mol. The van der Waals surface area contributed by atoms with Gasteiger partial charge in [-0.3, -0.25) is 0 Å². The van der Waals surface area contributed by atoms with Crippen LogP contribution in [0.2, 0.25) is 0 Å². The quantitative estimate of drug-likeness (QED) is 0.799. The van der Waals surface area contributed by atoms with E-state index in [-0.39, 0.29) is 19.0 Å². The lowest BCUT2D eigenvalue weighted by atomic mass is 10.2. The Morgan fingerprint density at radius 1 is 0.933 bits per heavy atom. The van der Waals surface area contributed by atoms with Gasteiger partial charge in [0, 0.05) is 6.54 Å². The van der Waals surface area contributed by atoms with Crippen LogP contribution >= 0.6 is 22.6 Å². The van der Waals surface area contributed by atoms with E-state index in [1.807, 2.05) is 0 Å². The first-order valence-corrected chi connectivity index (χ1v) is 5.51. The molecule has 0 aromatic heterocycles. The molecule has 0 spiro atoms. The molecular formula is C7H9ClF5NS. The lowest BCUT2D eigenvalue weighted by Gasteiger charge is -2.40. The van der Waals surface area contributed by atoms with Crippen molar-refractivity contribution in [3.8, 4) is 0 Å². The van der Waals surface area contributed by atoms with Gasteiger partial charge in [-0.2, -0.15) is 0 Å². The molecule has 0 radical (unpaired) electrons. The van der Waals surface area contributed by atoms with Crippen LogP contribution in [0.5, 0.6) is 0 Å². The number of nitrogens with two attached hydrogens (primary N) is 1. The van der Waals surface area contributed by atoms with Crippen LogP contribution in [0, 0.1) is 0 Å². The Labute approximate surface area is 89.6 Å². The minimum absolute atomic E-state index is 0. The van der Waals surface area contributed by atoms with Gasteiger partial charge >= 0.3 is 10.2 Å². The fourth-order valence-corrected chi connectivity index (χ4v) is 1.53. The molecule has 0 bridgehead atoms. The Morgan fingerprint density at radius 2 is 1.33 bits per heavy atom. The Morgan fingerprint density at radius 3 is 1.60 bits per heavy atom. The van der Waals surface area contributed by atoms with E-state index in [2.05, 4.69) is 0 Å². The van der Waals surface area contributed by atoms with Gasteiger partial charge in [-0.05, 0) is 17.7 Å². The summed E-state index contributed by atoms with van der Waals surface area (Å²) >= 11 is 0. The van der Waals surface area contributed by atoms with E-state index in [0.717, 1.165) is 12.1 Å². The first kappa shape index (κ1) is 14.5. The molecule has 90 valence electrons. The smallest absolute Gasteiger partial charge is 0.310 e. The van der Waals surface area contributed by atoms with Crippen molar-refractivity contribution >= 4 is 22.6 Å². The van der Waals surface area contributed by atoms with Gasteiger partial charge in [0.2, 0.25) is 0 Å². The molecule has 2 N–H and O–H groups in total. The van der Waals surface area contributed by atoms with Gasteiger partial charge in [-0.15, -0.1) is 12.4 Å². The monoisotopic (exact) mass is 269 g/mol. The maximum Gasteiger partial charge on any atom is 0.310 e. The average molecular weight is 270 g/mol. The fourth-order valence-electron chi connectivity index (χ4n) is 0.883. The third-order valence-corrected chi connectivity index (χ3v) is 2.77. The van der Waals surface area contributed by atoms with Crippen molar-refractivity contribution in [3.63, 3.8) is 0 Å². The lowest BCUT2D eigenvalue weighted by Crippen LogP contribution is -2.06. The highest BCUT2D eigenvalue weighted by atomic mass is 35.5. The Balaban J connectivity index is 0.00000196. The summed E-state index contributed by atoms with van der Waals surface area (Å²) in [4.78, 5) is -1.89. The van der Waals surface area contributed by atoms with Crippen LogP contribution in [-0.4, -0.2) is 0 Å². The van der Waals surface area contributed by atoms with Crippen molar-refractivity contribution in [1.82, 2.24) is 0 Å². The van der Waals surface area contributed by atoms with Gasteiger partial charge in [0.25, 0.3) is 0 Å². The predicted molar refractivity (Wildman–Crippen MR) is 53.0 cm³/mol. The zero-order valence-electron chi connectivity index (χ0n) is 7.30. The predicted octanol–water partition coefficient (Wildman–Crippen LogP) is 4.22. The summed E-state index contributed by atoms with van der Waals surface area (Å²) in [5.41, 5.74) is 5.49. The summed E-state index contributed by atoms with van der Waals surface area (Å²) in [5, 5.41) is 0. The third kappa shape index (κ3) is 3.84. The Bertz CT molecular complexity index is 345. The fraction of sp³-hybridized carbons (Fsp3) is 0.143. The lowest BCUT2D eigenvalue weighted by molar-refractivity contribution is 0.364. The molecule has 1 aromatic carbocycles. The number of hydrogen-bond acceptors (Lipinski definition) is 1. The first-order chi connectivity index (χ1) is 6.03. The molecule has 0 aliphatic carbocycles. The Hall–Kier alpha value is -0.530. The van der Waals surface area contributed by atoms with Crippen LogP contribution in [0.15, 0.2) is 29.2 Å². The molecule has 0 aliphatic rings. The number of benzene rings is 1. The third-order valence-electron chi connectivity index (χ3n) is 1.60. The summed E-state index contributed by atoms with van der Waals surface area (Å²) < 4.78 is 60.8. The van der Waals surface area contributed by atoms with Crippen LogP contribution < -0.4 is 5.73 Å². The summed E-state index contributed by atoms with van der Waals surface area (Å²) in [6, 6.07) is 2.58. The minimum Gasteiger partial charge on any atom is -0.326 e. The molecule has 0 aliphatic heterocycles. The molecule has 0 heterocycles. The van der Waals surface area contributed by atoms with Gasteiger partial charge in [0.15, 0.2) is 0 Å². The van der Waals surface area contributed by atoms with Gasteiger partial charge in [0.05, 0.1) is 0 Å². The average Bonchev–Trinajstić information content (AvgIpc) is 2.01. The topological polar surface area (TPSA) is 26.0 Å². The van der Waals surface area contributed by atoms with Crippen molar-refractivity contribution in [2.45, 2.75) is 11.4 Å². The molecule has 0 saturated heterocycles. The second kappa shape index (κ2) is 3.23. The van der Waals surface area contributed by atoms with Crippen molar-refractivity contribution < 1.29 is 19.4 Å². The second-order valence-corrected chi connectivity index (χ2v) is 5.23. The maximum absolute atomic E-state index is 12.2. The zero-order chi connectivity index (χ0) is 11.1. The largest absolute Gasteiger partial charge is 0.326 e. The molecule has 0 fully saturated rings. The van der Waals surface area contributed by atoms with E-state index >= 15 is 0 Å². The van der Waals surface area contributed by atoms with Crippen molar-refractivity contribution in [3.05, 3.63) is 29.8 Å². The molecule has 8 heteroatoms. The van der Waals surface area contributed by atoms with E-state index in [9.17, 15) is 19.4 Å². The molecule has 1 rings (SSSR count). The molecule has 0 atom stereocenters. The minimum atomic E-state index is -9.51. The van der Waals surface area contributed by atoms with E-state index in [1.165, 1.54) is 0 Å². The second-order valence-electron chi connectivity index (χ2n) is 2.82. The maximum atomic E-state index is 12.2. The van der Waals surface area contributed by atoms with Gasteiger partial charge in [-0.1, -0.05) is 31.6 Å². The summed E-state index contributed by atoms with van der Waals surface area (Å²) in [7, 11) is -9.51. The number of hydrogen-bond donors (Lipinski definition) is 1. The van der Waals surface area contributed by atoms with Gasteiger partial charge in [-0.25, -0.2) is 0 Å². The van der Waals surface area contributed by atoms with Crippen LogP contribution in [0.4, 0.5) is 19.4 Å². The van der Waals surface area contributed by atoms with Crippen molar-refractivity contribution in [2.24, 2.45) is 5.73 Å². The van der Waals surface area contributed by atoms with E-state index in [0.29, 0.717) is 17.7 Å². The molecule has 1 nitrogen and oxygen atoms in total. The van der Waals surface area contributed by atoms with Crippen molar-refractivity contribution in [1.29, 1.82) is 0 Å². The Kier molecular flexibility index (Phi) is 3.11. The highest BCUT2D eigenvalue weighted by Gasteiger charge is 2.65. The molecule has 0 amide bonds. The normalized spacial score (nSPS) is 16.1. The van der Waals surface area contributed by atoms with Crippen molar-refractivity contribution in [2.75, 3.05) is 0 Å². The number of halogens is 6. The molecule has 1 aromatic rings. The van der Waals surface area contributed by atoms with Crippen LogP contribution in [0.1, 0.15) is 5.56 Å². The standard InChI is InChI=1S/C7H8F5NS.ClH/c8-14(9,10,11,12)7-3-1-6(5-13)2-4-7;/h1-4H,5,13H2;1H. The molecule has 15 heavy (non-hydrogen) atoms. The number of rotatable bonds is 2. The van der Waals surface area contributed by atoms with Crippen LogP contribution in [0.3, 0.4) is 0 Å². The highest BCUT2D eigenvalue weighted by molar-refractivity contribution is 8.45. The van der Waals surface area contributed by atoms with Crippen LogP contribution in [0.25, 0.3) is 0 Å². The van der Waals surface area contributed by atoms with Gasteiger partial charge < -0.3 is 5.73 Å². The zero-order valence-corrected chi connectivity index (χ0v) is 8.93. The van der Waals surface area contributed by atoms with Gasteiger partial charge in [0.1, 0.15) is 4.90 Å².